The van der Waals surface area contributed by atoms with Crippen LogP contribution in [-0.4, -0.2) is 17.4 Å². The largest absolute Gasteiger partial charge is 0.393 e. The fourth-order valence-corrected chi connectivity index (χ4v) is 1.45. The van der Waals surface area contributed by atoms with Crippen LogP contribution in [0.2, 0.25) is 0 Å². The van der Waals surface area contributed by atoms with E-state index in [-0.39, 0.29) is 12.0 Å². The number of rotatable bonds is 5. The quantitative estimate of drug-likeness (QED) is 0.683. The van der Waals surface area contributed by atoms with Crippen molar-refractivity contribution >= 4 is 0 Å². The Bertz CT molecular complexity index is 128. The average Bonchev–Trinajstić information content (AvgIpc) is 2.04. The van der Waals surface area contributed by atoms with Gasteiger partial charge < -0.3 is 5.11 Å². The van der Waals surface area contributed by atoms with E-state index in [1.165, 1.54) is 6.92 Å². The van der Waals surface area contributed by atoms with Gasteiger partial charge in [-0.15, -0.1) is 0 Å². The first-order valence-electron chi connectivity index (χ1n) is 4.69. The van der Waals surface area contributed by atoms with E-state index in [9.17, 15) is 4.39 Å². The molecule has 0 amide bonds. The molecule has 0 aromatic carbocycles. The lowest BCUT2D eigenvalue weighted by Crippen LogP contribution is -2.31. The van der Waals surface area contributed by atoms with E-state index in [4.69, 9.17) is 5.11 Å². The van der Waals surface area contributed by atoms with Crippen LogP contribution in [-0.2, 0) is 0 Å². The van der Waals surface area contributed by atoms with Crippen LogP contribution < -0.4 is 0 Å². The molecule has 2 heteroatoms. The molecule has 0 aromatic heterocycles. The first kappa shape index (κ1) is 11.9. The van der Waals surface area contributed by atoms with E-state index >= 15 is 0 Å². The van der Waals surface area contributed by atoms with Crippen molar-refractivity contribution in [2.24, 2.45) is 5.41 Å². The second-order valence-electron chi connectivity index (χ2n) is 4.27. The summed E-state index contributed by atoms with van der Waals surface area (Å²) >= 11 is 0. The van der Waals surface area contributed by atoms with Gasteiger partial charge in [0, 0.05) is 0 Å². The molecule has 0 aliphatic heterocycles. The van der Waals surface area contributed by atoms with Gasteiger partial charge in [-0.2, -0.15) is 0 Å². The molecule has 0 aliphatic carbocycles. The number of alkyl halides is 1. The molecule has 0 rings (SSSR count). The second-order valence-corrected chi connectivity index (χ2v) is 4.27. The fourth-order valence-electron chi connectivity index (χ4n) is 1.45. The number of aliphatic hydroxyl groups excluding tert-OH is 1. The molecule has 0 saturated carbocycles. The van der Waals surface area contributed by atoms with Crippen molar-refractivity contribution in [3.05, 3.63) is 0 Å². The Kier molecular flexibility index (Phi) is 4.18. The van der Waals surface area contributed by atoms with E-state index in [2.05, 4.69) is 20.8 Å². The molecule has 0 aromatic rings. The number of hydrogen-bond donors (Lipinski definition) is 1. The smallest absolute Gasteiger partial charge is 0.131 e. The van der Waals surface area contributed by atoms with E-state index in [1.54, 1.807) is 0 Å². The fraction of sp³-hybridized carbons (Fsp3) is 1.00. The maximum atomic E-state index is 13.4. The van der Waals surface area contributed by atoms with Gasteiger partial charge in [-0.05, 0) is 18.8 Å². The van der Waals surface area contributed by atoms with Crippen LogP contribution in [0.25, 0.3) is 0 Å². The maximum absolute atomic E-state index is 13.4. The molecule has 0 saturated heterocycles. The highest BCUT2D eigenvalue weighted by Crippen LogP contribution is 2.36. The molecule has 0 unspecified atom stereocenters. The Balaban J connectivity index is 4.20. The van der Waals surface area contributed by atoms with Crippen LogP contribution in [0.15, 0.2) is 0 Å². The lowest BCUT2D eigenvalue weighted by molar-refractivity contribution is 0.0358. The molecule has 1 N–H and O–H groups in total. The summed E-state index contributed by atoms with van der Waals surface area (Å²) in [6.45, 7) is 7.30. The molecule has 12 heavy (non-hydrogen) atoms. The molecular weight excluding hydrogens is 155 g/mol. The van der Waals surface area contributed by atoms with Crippen LogP contribution in [0.1, 0.15) is 47.0 Å². The third-order valence-electron chi connectivity index (χ3n) is 2.83. The predicted octanol–water partition coefficient (Wildman–Crippen LogP) is 2.92. The molecular formula is C10H21FO. The van der Waals surface area contributed by atoms with Gasteiger partial charge in [0.15, 0.2) is 0 Å². The summed E-state index contributed by atoms with van der Waals surface area (Å²) in [5, 5.41) is 8.77. The summed E-state index contributed by atoms with van der Waals surface area (Å²) in [7, 11) is 0. The molecule has 0 aliphatic rings. The van der Waals surface area contributed by atoms with Crippen molar-refractivity contribution < 1.29 is 9.50 Å². The van der Waals surface area contributed by atoms with E-state index in [1.807, 2.05) is 0 Å². The predicted molar refractivity (Wildman–Crippen MR) is 49.9 cm³/mol. The van der Waals surface area contributed by atoms with Gasteiger partial charge in [0.05, 0.1) is 6.61 Å². The third-order valence-corrected chi connectivity index (χ3v) is 2.83. The van der Waals surface area contributed by atoms with Crippen LogP contribution in [0.3, 0.4) is 0 Å². The molecule has 1 atom stereocenters. The van der Waals surface area contributed by atoms with Gasteiger partial charge in [0.25, 0.3) is 0 Å². The molecule has 0 radical (unpaired) electrons. The number of hydrogen-bond acceptors (Lipinski definition) is 1. The Morgan fingerprint density at radius 3 is 1.83 bits per heavy atom. The molecule has 1 nitrogen and oxygen atoms in total. The zero-order valence-corrected chi connectivity index (χ0v) is 8.65. The van der Waals surface area contributed by atoms with Crippen molar-refractivity contribution in [2.45, 2.75) is 52.6 Å². The Labute approximate surface area is 75.0 Å². The summed E-state index contributed by atoms with van der Waals surface area (Å²) in [5.74, 6) is 0. The minimum Gasteiger partial charge on any atom is -0.393 e. The summed E-state index contributed by atoms with van der Waals surface area (Å²) < 4.78 is 13.4. The molecule has 0 spiro atoms. The highest BCUT2D eigenvalue weighted by molar-refractivity contribution is 4.82. The first-order valence-corrected chi connectivity index (χ1v) is 4.69. The van der Waals surface area contributed by atoms with E-state index in [0.29, 0.717) is 6.42 Å². The third kappa shape index (κ3) is 3.53. The minimum atomic E-state index is -1.42. The van der Waals surface area contributed by atoms with Crippen LogP contribution in [0, 0.1) is 5.41 Å². The summed E-state index contributed by atoms with van der Waals surface area (Å²) in [6, 6.07) is 0. The lowest BCUT2D eigenvalue weighted by atomic mass is 9.76. The van der Waals surface area contributed by atoms with Crippen LogP contribution in [0.5, 0.6) is 0 Å². The van der Waals surface area contributed by atoms with Crippen LogP contribution >= 0.6 is 0 Å². The van der Waals surface area contributed by atoms with Crippen molar-refractivity contribution in [3.8, 4) is 0 Å². The Hall–Kier alpha value is -0.110. The van der Waals surface area contributed by atoms with Crippen molar-refractivity contribution in [2.75, 3.05) is 6.61 Å². The maximum Gasteiger partial charge on any atom is 0.131 e. The second kappa shape index (κ2) is 4.22. The summed E-state index contributed by atoms with van der Waals surface area (Å²) in [4.78, 5) is 0. The summed E-state index contributed by atoms with van der Waals surface area (Å²) in [6.07, 6.45) is 2.37. The van der Waals surface area contributed by atoms with Gasteiger partial charge in [0.2, 0.25) is 0 Å². The van der Waals surface area contributed by atoms with E-state index in [0.717, 1.165) is 12.8 Å². The van der Waals surface area contributed by atoms with Crippen LogP contribution in [0.4, 0.5) is 4.39 Å². The first-order chi connectivity index (χ1) is 5.39. The topological polar surface area (TPSA) is 20.2 Å². The number of aliphatic hydroxyl groups is 1. The monoisotopic (exact) mass is 176 g/mol. The average molecular weight is 176 g/mol. The van der Waals surface area contributed by atoms with Crippen molar-refractivity contribution in [1.29, 1.82) is 0 Å². The lowest BCUT2D eigenvalue weighted by Gasteiger charge is -2.32. The molecule has 0 heterocycles. The van der Waals surface area contributed by atoms with Crippen molar-refractivity contribution in [3.63, 3.8) is 0 Å². The van der Waals surface area contributed by atoms with Gasteiger partial charge in [-0.25, -0.2) is 4.39 Å². The molecule has 0 fully saturated rings. The highest BCUT2D eigenvalue weighted by Gasteiger charge is 2.32. The summed E-state index contributed by atoms with van der Waals surface area (Å²) in [5.41, 5.74) is -1.38. The zero-order valence-electron chi connectivity index (χ0n) is 8.65. The van der Waals surface area contributed by atoms with Gasteiger partial charge in [-0.1, -0.05) is 33.6 Å². The normalized spacial score (nSPS) is 17.5. The van der Waals surface area contributed by atoms with Gasteiger partial charge >= 0.3 is 0 Å². The van der Waals surface area contributed by atoms with Crippen molar-refractivity contribution in [1.82, 2.24) is 0 Å². The zero-order chi connectivity index (χ0) is 9.83. The Morgan fingerprint density at radius 2 is 1.58 bits per heavy atom. The molecule has 74 valence electrons. The molecule has 0 bridgehead atoms. The van der Waals surface area contributed by atoms with Gasteiger partial charge in [0.1, 0.15) is 5.67 Å². The highest BCUT2D eigenvalue weighted by atomic mass is 19.1. The number of halogens is 1. The standard InChI is InChI=1S/C10H21FO/c1-5-9(3,6-2)7-10(4,11)8-12/h12H,5-8H2,1-4H3/t10-/m0/s1. The SMILES string of the molecule is CCC(C)(CC)C[C@](C)(F)CO. The van der Waals surface area contributed by atoms with E-state index < -0.39 is 5.67 Å². The Morgan fingerprint density at radius 1 is 1.17 bits per heavy atom. The minimum absolute atomic E-state index is 0.0340. The van der Waals surface area contributed by atoms with Gasteiger partial charge in [-0.3, -0.25) is 0 Å².